The molecule has 2 aliphatic rings. The predicted octanol–water partition coefficient (Wildman–Crippen LogP) is 4.06. The molecule has 3 nitrogen and oxygen atoms in total. The molecule has 3 atom stereocenters. The van der Waals surface area contributed by atoms with E-state index in [0.29, 0.717) is 29.7 Å². The minimum absolute atomic E-state index is 0.151. The normalized spacial score (nSPS) is 26.4. The number of fused-ring (bicyclic) bond motifs is 1. The Balaban J connectivity index is 1.65. The Hall–Kier alpha value is -1.37. The number of anilines is 1. The van der Waals surface area contributed by atoms with Gasteiger partial charge in [-0.25, -0.2) is 0 Å². The zero-order valence-electron chi connectivity index (χ0n) is 13.9. The standard InChI is InChI=1S/C18H23F3N2OS/c19-18(20,21)13-4-6-14(7-5-13)22-16-3-1-2-12-10-23(11-15(12)16)17(24)8-9-25/h4-7,12,15-16,22,25H,1-3,8-11H2/t12-,15+,16+/m0/s1. The highest BCUT2D eigenvalue weighted by Gasteiger charge is 2.41. The van der Waals surface area contributed by atoms with Gasteiger partial charge in [-0.05, 0) is 48.8 Å². The van der Waals surface area contributed by atoms with E-state index in [-0.39, 0.29) is 11.9 Å². The van der Waals surface area contributed by atoms with E-state index < -0.39 is 11.7 Å². The number of rotatable bonds is 4. The van der Waals surface area contributed by atoms with Gasteiger partial charge in [0.1, 0.15) is 0 Å². The summed E-state index contributed by atoms with van der Waals surface area (Å²) in [6.07, 6.45) is -0.682. The van der Waals surface area contributed by atoms with Crippen LogP contribution in [0.2, 0.25) is 0 Å². The van der Waals surface area contributed by atoms with E-state index in [0.717, 1.165) is 44.5 Å². The van der Waals surface area contributed by atoms with Crippen molar-refractivity contribution >= 4 is 24.2 Å². The Bertz CT molecular complexity index is 605. The van der Waals surface area contributed by atoms with E-state index in [1.807, 2.05) is 4.90 Å². The van der Waals surface area contributed by atoms with Crippen LogP contribution in [0.1, 0.15) is 31.2 Å². The van der Waals surface area contributed by atoms with Gasteiger partial charge in [0.05, 0.1) is 5.56 Å². The number of nitrogens with one attached hydrogen (secondary N) is 1. The molecule has 1 saturated heterocycles. The molecular formula is C18H23F3N2OS. The highest BCUT2D eigenvalue weighted by Crippen LogP contribution is 2.38. The summed E-state index contributed by atoms with van der Waals surface area (Å²) in [6.45, 7) is 1.53. The molecule has 2 fully saturated rings. The Morgan fingerprint density at radius 1 is 1.20 bits per heavy atom. The predicted molar refractivity (Wildman–Crippen MR) is 94.7 cm³/mol. The number of nitrogens with zero attached hydrogens (tertiary/aromatic N) is 1. The molecule has 1 N–H and O–H groups in total. The van der Waals surface area contributed by atoms with Gasteiger partial charge >= 0.3 is 6.18 Å². The molecule has 1 amide bonds. The van der Waals surface area contributed by atoms with E-state index in [4.69, 9.17) is 0 Å². The molecule has 0 unspecified atom stereocenters. The van der Waals surface area contributed by atoms with Gasteiger partial charge in [-0.15, -0.1) is 0 Å². The first kappa shape index (κ1) is 18.4. The minimum Gasteiger partial charge on any atom is -0.382 e. The van der Waals surface area contributed by atoms with E-state index in [9.17, 15) is 18.0 Å². The molecule has 0 radical (unpaired) electrons. The average Bonchev–Trinajstić information content (AvgIpc) is 3.00. The number of likely N-dealkylation sites (tertiary alicyclic amines) is 1. The Kier molecular flexibility index (Phi) is 5.51. The first-order valence-electron chi connectivity index (χ1n) is 8.71. The number of hydrogen-bond acceptors (Lipinski definition) is 3. The number of amides is 1. The van der Waals surface area contributed by atoms with Gasteiger partial charge in [-0.3, -0.25) is 4.79 Å². The van der Waals surface area contributed by atoms with Gasteiger partial charge in [0.2, 0.25) is 5.91 Å². The monoisotopic (exact) mass is 372 g/mol. The molecule has 0 spiro atoms. The van der Waals surface area contributed by atoms with Crippen molar-refractivity contribution in [3.05, 3.63) is 29.8 Å². The first-order chi connectivity index (χ1) is 11.9. The van der Waals surface area contributed by atoms with Crippen molar-refractivity contribution in [3.8, 4) is 0 Å². The van der Waals surface area contributed by atoms with E-state index in [2.05, 4.69) is 17.9 Å². The van der Waals surface area contributed by atoms with Crippen molar-refractivity contribution in [3.63, 3.8) is 0 Å². The molecular weight excluding hydrogens is 349 g/mol. The molecule has 138 valence electrons. The second-order valence-corrected chi connectivity index (χ2v) is 7.40. The van der Waals surface area contributed by atoms with Gasteiger partial charge in [-0.1, -0.05) is 6.42 Å². The Labute approximate surface area is 151 Å². The summed E-state index contributed by atoms with van der Waals surface area (Å²) >= 11 is 4.13. The van der Waals surface area contributed by atoms with E-state index in [1.165, 1.54) is 12.1 Å². The van der Waals surface area contributed by atoms with Crippen LogP contribution in [0.25, 0.3) is 0 Å². The third kappa shape index (κ3) is 4.25. The maximum Gasteiger partial charge on any atom is 0.416 e. The van der Waals surface area contributed by atoms with Gasteiger partial charge in [0.15, 0.2) is 0 Å². The lowest BCUT2D eigenvalue weighted by Crippen LogP contribution is -2.37. The fourth-order valence-electron chi connectivity index (χ4n) is 4.08. The molecule has 7 heteroatoms. The lowest BCUT2D eigenvalue weighted by Gasteiger charge is -2.34. The molecule has 1 aromatic carbocycles. The third-order valence-electron chi connectivity index (χ3n) is 5.34. The van der Waals surface area contributed by atoms with Crippen molar-refractivity contribution < 1.29 is 18.0 Å². The number of alkyl halides is 3. The lowest BCUT2D eigenvalue weighted by molar-refractivity contribution is -0.137. The molecule has 0 aromatic heterocycles. The Morgan fingerprint density at radius 3 is 2.56 bits per heavy atom. The summed E-state index contributed by atoms with van der Waals surface area (Å²) in [7, 11) is 0. The topological polar surface area (TPSA) is 32.3 Å². The van der Waals surface area contributed by atoms with Crippen molar-refractivity contribution in [2.75, 3.05) is 24.2 Å². The van der Waals surface area contributed by atoms with E-state index in [1.54, 1.807) is 0 Å². The largest absolute Gasteiger partial charge is 0.416 e. The van der Waals surface area contributed by atoms with Crippen LogP contribution in [0, 0.1) is 11.8 Å². The van der Waals surface area contributed by atoms with Gasteiger partial charge in [-0.2, -0.15) is 25.8 Å². The number of benzene rings is 1. The van der Waals surface area contributed by atoms with Crippen LogP contribution in [0.15, 0.2) is 24.3 Å². The van der Waals surface area contributed by atoms with Crippen LogP contribution in [0.3, 0.4) is 0 Å². The first-order valence-corrected chi connectivity index (χ1v) is 9.34. The molecule has 1 aromatic rings. The van der Waals surface area contributed by atoms with Crippen LogP contribution in [0.4, 0.5) is 18.9 Å². The number of halogens is 3. The second-order valence-electron chi connectivity index (χ2n) is 6.95. The SMILES string of the molecule is O=C(CCS)N1C[C@@H]2CCC[C@@H](Nc3ccc(C(F)(F)F)cc3)[C@@H]2C1. The van der Waals surface area contributed by atoms with Crippen molar-refractivity contribution in [1.82, 2.24) is 4.90 Å². The molecule has 1 saturated carbocycles. The van der Waals surface area contributed by atoms with Crippen LogP contribution in [0.5, 0.6) is 0 Å². The number of carbonyl (C=O) groups excluding carboxylic acids is 1. The van der Waals surface area contributed by atoms with Gasteiger partial charge in [0.25, 0.3) is 0 Å². The summed E-state index contributed by atoms with van der Waals surface area (Å²) in [5.74, 6) is 1.54. The maximum absolute atomic E-state index is 12.7. The molecule has 3 rings (SSSR count). The highest BCUT2D eigenvalue weighted by molar-refractivity contribution is 7.80. The van der Waals surface area contributed by atoms with Gasteiger partial charge in [0, 0.05) is 37.2 Å². The van der Waals surface area contributed by atoms with E-state index >= 15 is 0 Å². The molecule has 0 bridgehead atoms. The molecule has 1 aliphatic carbocycles. The Morgan fingerprint density at radius 2 is 1.92 bits per heavy atom. The lowest BCUT2D eigenvalue weighted by atomic mass is 9.78. The number of carbonyl (C=O) groups is 1. The second kappa shape index (κ2) is 7.48. The summed E-state index contributed by atoms with van der Waals surface area (Å²) < 4.78 is 38.0. The molecule has 25 heavy (non-hydrogen) atoms. The zero-order valence-corrected chi connectivity index (χ0v) is 14.8. The van der Waals surface area contributed by atoms with Crippen molar-refractivity contribution in [2.24, 2.45) is 11.8 Å². The maximum atomic E-state index is 12.7. The molecule has 1 aliphatic heterocycles. The summed E-state index contributed by atoms with van der Waals surface area (Å²) in [4.78, 5) is 14.1. The fraction of sp³-hybridized carbons (Fsp3) is 0.611. The van der Waals surface area contributed by atoms with Crippen LogP contribution < -0.4 is 5.32 Å². The fourth-order valence-corrected chi connectivity index (χ4v) is 4.27. The molecule has 1 heterocycles. The smallest absolute Gasteiger partial charge is 0.382 e. The van der Waals surface area contributed by atoms with Crippen molar-refractivity contribution in [2.45, 2.75) is 37.9 Å². The summed E-state index contributed by atoms with van der Waals surface area (Å²) in [5, 5.41) is 3.40. The zero-order chi connectivity index (χ0) is 18.0. The van der Waals surface area contributed by atoms with Crippen LogP contribution >= 0.6 is 12.6 Å². The average molecular weight is 372 g/mol. The van der Waals surface area contributed by atoms with Crippen LogP contribution in [-0.4, -0.2) is 35.7 Å². The minimum atomic E-state index is -4.31. The highest BCUT2D eigenvalue weighted by atomic mass is 32.1. The number of hydrogen-bond donors (Lipinski definition) is 2. The van der Waals surface area contributed by atoms with Crippen molar-refractivity contribution in [1.29, 1.82) is 0 Å². The quantitative estimate of drug-likeness (QED) is 0.781. The summed E-state index contributed by atoms with van der Waals surface area (Å²) in [5.41, 5.74) is 0.0720. The number of thiol groups is 1. The van der Waals surface area contributed by atoms with Gasteiger partial charge < -0.3 is 10.2 Å². The summed E-state index contributed by atoms with van der Waals surface area (Å²) in [6, 6.07) is 5.40. The third-order valence-corrected chi connectivity index (χ3v) is 5.56. The van der Waals surface area contributed by atoms with Crippen LogP contribution in [-0.2, 0) is 11.0 Å².